The Hall–Kier alpha value is -2.12. The number of carbonyl (C=O) groups is 2. The molecular formula is C16H16ClFN2O3S. The zero-order valence-corrected chi connectivity index (χ0v) is 14.8. The lowest BCUT2D eigenvalue weighted by molar-refractivity contribution is 0.0635. The van der Waals surface area contributed by atoms with Crippen LogP contribution in [0.2, 0.25) is 4.34 Å². The minimum atomic E-state index is -0.782. The number of hydrogen-bond donors (Lipinski definition) is 2. The van der Waals surface area contributed by atoms with Gasteiger partial charge in [0.2, 0.25) is 0 Å². The Morgan fingerprint density at radius 2 is 1.88 bits per heavy atom. The van der Waals surface area contributed by atoms with Gasteiger partial charge in [0.05, 0.1) is 14.9 Å². The highest BCUT2D eigenvalue weighted by molar-refractivity contribution is 7.18. The Balaban J connectivity index is 2.10. The number of thiophene rings is 1. The van der Waals surface area contributed by atoms with Crippen molar-refractivity contribution in [3.8, 4) is 0 Å². The van der Waals surface area contributed by atoms with Crippen molar-refractivity contribution in [1.82, 2.24) is 0 Å². The second-order valence-electron chi connectivity index (χ2n) is 5.88. The number of halogens is 2. The molecule has 24 heavy (non-hydrogen) atoms. The third kappa shape index (κ3) is 5.21. The van der Waals surface area contributed by atoms with Crippen LogP contribution in [0.15, 0.2) is 30.3 Å². The maximum Gasteiger partial charge on any atom is 0.412 e. The van der Waals surface area contributed by atoms with Gasteiger partial charge in [-0.2, -0.15) is 0 Å². The monoisotopic (exact) mass is 370 g/mol. The quantitative estimate of drug-likeness (QED) is 0.786. The summed E-state index contributed by atoms with van der Waals surface area (Å²) in [4.78, 5) is 24.2. The summed E-state index contributed by atoms with van der Waals surface area (Å²) in [5.74, 6) is -1.01. The van der Waals surface area contributed by atoms with E-state index < -0.39 is 17.5 Å². The summed E-state index contributed by atoms with van der Waals surface area (Å²) in [5, 5.41) is 4.93. The molecule has 0 atom stereocenters. The number of rotatable bonds is 3. The second-order valence-corrected chi connectivity index (χ2v) is 7.59. The van der Waals surface area contributed by atoms with Gasteiger partial charge in [0.25, 0.3) is 5.91 Å². The molecule has 2 rings (SSSR count). The van der Waals surface area contributed by atoms with E-state index in [1.54, 1.807) is 32.9 Å². The molecule has 0 saturated carbocycles. The maximum absolute atomic E-state index is 13.8. The summed E-state index contributed by atoms with van der Waals surface area (Å²) in [6, 6.07) is 7.05. The van der Waals surface area contributed by atoms with Gasteiger partial charge >= 0.3 is 6.09 Å². The summed E-state index contributed by atoms with van der Waals surface area (Å²) in [6.45, 7) is 5.10. The van der Waals surface area contributed by atoms with Crippen LogP contribution in [-0.4, -0.2) is 17.6 Å². The normalized spacial score (nSPS) is 11.0. The van der Waals surface area contributed by atoms with E-state index in [0.29, 0.717) is 14.9 Å². The largest absolute Gasteiger partial charge is 0.444 e. The predicted molar refractivity (Wildman–Crippen MR) is 93.5 cm³/mol. The van der Waals surface area contributed by atoms with E-state index >= 15 is 0 Å². The summed E-state index contributed by atoms with van der Waals surface area (Å²) < 4.78 is 19.4. The van der Waals surface area contributed by atoms with E-state index in [-0.39, 0.29) is 11.6 Å². The molecule has 0 radical (unpaired) electrons. The van der Waals surface area contributed by atoms with Crippen LogP contribution in [0.3, 0.4) is 0 Å². The fraction of sp³-hybridized carbons (Fsp3) is 0.250. The molecule has 2 N–H and O–H groups in total. The molecule has 0 bridgehead atoms. The van der Waals surface area contributed by atoms with Crippen molar-refractivity contribution in [3.05, 3.63) is 45.4 Å². The van der Waals surface area contributed by atoms with E-state index in [0.717, 1.165) is 17.4 Å². The first kappa shape index (κ1) is 18.2. The molecule has 0 unspecified atom stereocenters. The molecule has 1 aromatic carbocycles. The molecule has 0 aliphatic rings. The lowest BCUT2D eigenvalue weighted by Gasteiger charge is -2.20. The fourth-order valence-electron chi connectivity index (χ4n) is 1.74. The van der Waals surface area contributed by atoms with Crippen LogP contribution < -0.4 is 10.6 Å². The number of amides is 2. The number of benzene rings is 1. The van der Waals surface area contributed by atoms with E-state index in [1.807, 2.05) is 0 Å². The van der Waals surface area contributed by atoms with Crippen molar-refractivity contribution in [2.75, 3.05) is 10.6 Å². The van der Waals surface area contributed by atoms with Crippen LogP contribution in [0.25, 0.3) is 0 Å². The summed E-state index contributed by atoms with van der Waals surface area (Å²) >= 11 is 6.92. The summed E-state index contributed by atoms with van der Waals surface area (Å²) in [7, 11) is 0. The summed E-state index contributed by atoms with van der Waals surface area (Å²) in [5.41, 5.74) is -0.464. The van der Waals surface area contributed by atoms with Gasteiger partial charge in [-0.25, -0.2) is 9.18 Å². The first-order valence-corrected chi connectivity index (χ1v) is 8.20. The van der Waals surface area contributed by atoms with Crippen molar-refractivity contribution >= 4 is 46.3 Å². The molecule has 0 aliphatic carbocycles. The van der Waals surface area contributed by atoms with E-state index in [4.69, 9.17) is 16.3 Å². The molecule has 5 nitrogen and oxygen atoms in total. The van der Waals surface area contributed by atoms with Gasteiger partial charge in [-0.1, -0.05) is 11.6 Å². The lowest BCUT2D eigenvalue weighted by atomic mass is 10.2. The van der Waals surface area contributed by atoms with E-state index in [9.17, 15) is 14.0 Å². The van der Waals surface area contributed by atoms with E-state index in [2.05, 4.69) is 10.6 Å². The molecule has 2 aromatic rings. The standard InChI is InChI=1S/C16H16ClFN2O3S/c1-16(2,3)23-15(22)20-11-8-9(4-5-10(11)18)19-14(21)12-6-7-13(17)24-12/h4-8H,1-3H3,(H,19,21)(H,20,22). The van der Waals surface area contributed by atoms with Crippen LogP contribution in [0, 0.1) is 5.82 Å². The maximum atomic E-state index is 13.8. The molecule has 0 saturated heterocycles. The van der Waals surface area contributed by atoms with Crippen molar-refractivity contribution in [3.63, 3.8) is 0 Å². The molecule has 0 spiro atoms. The lowest BCUT2D eigenvalue weighted by Crippen LogP contribution is -2.27. The smallest absolute Gasteiger partial charge is 0.412 e. The topological polar surface area (TPSA) is 67.4 Å². The fourth-order valence-corrected chi connectivity index (χ4v) is 2.68. The van der Waals surface area contributed by atoms with Gasteiger partial charge in [-0.3, -0.25) is 10.1 Å². The molecule has 128 valence electrons. The van der Waals surface area contributed by atoms with Gasteiger partial charge in [-0.05, 0) is 51.1 Å². The molecule has 8 heteroatoms. The van der Waals surface area contributed by atoms with Crippen molar-refractivity contribution in [1.29, 1.82) is 0 Å². The Morgan fingerprint density at radius 1 is 1.17 bits per heavy atom. The molecular weight excluding hydrogens is 355 g/mol. The van der Waals surface area contributed by atoms with Gasteiger partial charge in [0, 0.05) is 5.69 Å². The molecule has 2 amide bonds. The van der Waals surface area contributed by atoms with Crippen LogP contribution in [0.1, 0.15) is 30.4 Å². The Morgan fingerprint density at radius 3 is 2.46 bits per heavy atom. The van der Waals surface area contributed by atoms with Crippen LogP contribution in [0.5, 0.6) is 0 Å². The Kier molecular flexibility index (Phi) is 5.46. The van der Waals surface area contributed by atoms with Gasteiger partial charge in [-0.15, -0.1) is 11.3 Å². The summed E-state index contributed by atoms with van der Waals surface area (Å²) in [6.07, 6.45) is -0.782. The van der Waals surface area contributed by atoms with Crippen LogP contribution in [0.4, 0.5) is 20.6 Å². The zero-order valence-electron chi connectivity index (χ0n) is 13.3. The average Bonchev–Trinajstić information content (AvgIpc) is 2.87. The highest BCUT2D eigenvalue weighted by Crippen LogP contribution is 2.24. The Bertz CT molecular complexity index is 771. The minimum Gasteiger partial charge on any atom is -0.444 e. The number of nitrogens with one attached hydrogen (secondary N) is 2. The van der Waals surface area contributed by atoms with Crippen molar-refractivity contribution in [2.45, 2.75) is 26.4 Å². The second kappa shape index (κ2) is 7.19. The first-order valence-electron chi connectivity index (χ1n) is 7.00. The number of ether oxygens (including phenoxy) is 1. The molecule has 0 fully saturated rings. The van der Waals surface area contributed by atoms with E-state index in [1.165, 1.54) is 12.1 Å². The first-order chi connectivity index (χ1) is 11.1. The van der Waals surface area contributed by atoms with Gasteiger partial charge in [0.15, 0.2) is 0 Å². The third-order valence-corrected chi connectivity index (χ3v) is 3.89. The average molecular weight is 371 g/mol. The Labute approximate surface area is 147 Å². The van der Waals surface area contributed by atoms with Crippen LogP contribution in [-0.2, 0) is 4.74 Å². The third-order valence-electron chi connectivity index (χ3n) is 2.66. The predicted octanol–water partition coefficient (Wildman–Crippen LogP) is 5.14. The zero-order chi connectivity index (χ0) is 17.9. The molecule has 0 aliphatic heterocycles. The SMILES string of the molecule is CC(C)(C)OC(=O)Nc1cc(NC(=O)c2ccc(Cl)s2)ccc1F. The van der Waals surface area contributed by atoms with Crippen LogP contribution >= 0.6 is 22.9 Å². The number of anilines is 2. The van der Waals surface area contributed by atoms with Gasteiger partial charge in [0.1, 0.15) is 11.4 Å². The van der Waals surface area contributed by atoms with Gasteiger partial charge < -0.3 is 10.1 Å². The molecule has 1 aromatic heterocycles. The van der Waals surface area contributed by atoms with Crippen molar-refractivity contribution < 1.29 is 18.7 Å². The highest BCUT2D eigenvalue weighted by Gasteiger charge is 2.18. The minimum absolute atomic E-state index is 0.0914. The number of hydrogen-bond acceptors (Lipinski definition) is 4. The molecule has 1 heterocycles. The number of carbonyl (C=O) groups excluding carboxylic acids is 2. The van der Waals surface area contributed by atoms with Crippen molar-refractivity contribution in [2.24, 2.45) is 0 Å². The highest BCUT2D eigenvalue weighted by atomic mass is 35.5.